The summed E-state index contributed by atoms with van der Waals surface area (Å²) >= 11 is 0. The maximum Gasteiger partial charge on any atom is 0.276 e. The third-order valence-electron chi connectivity index (χ3n) is 5.84. The summed E-state index contributed by atoms with van der Waals surface area (Å²) in [4.78, 5) is 11.7. The number of nitrogens with zero attached hydrogens (tertiary/aromatic N) is 1. The molecule has 0 bridgehead atoms. The first-order valence-electron chi connectivity index (χ1n) is 10.5. The number of fused-ring (bicyclic) bond motifs is 2. The van der Waals surface area contributed by atoms with E-state index < -0.39 is 15.9 Å². The third-order valence-corrected chi connectivity index (χ3v) is 7.28. The van der Waals surface area contributed by atoms with Gasteiger partial charge in [0.15, 0.2) is 0 Å². The van der Waals surface area contributed by atoms with E-state index in [1.807, 2.05) is 42.1 Å². The van der Waals surface area contributed by atoms with Crippen LogP contribution >= 0.6 is 0 Å². The Labute approximate surface area is 196 Å². The van der Waals surface area contributed by atoms with Crippen LogP contribution in [0.5, 0.6) is 0 Å². The number of aryl methyl sites for hydroxylation is 1. The molecule has 0 aliphatic heterocycles. The number of carbonyl (C=O) groups is 1. The van der Waals surface area contributed by atoms with Crippen molar-refractivity contribution >= 4 is 43.3 Å². The van der Waals surface area contributed by atoms with Gasteiger partial charge in [0.05, 0.1) is 5.56 Å². The Balaban J connectivity index is 1.62. The molecular formula is C26H21N3O4S. The smallest absolute Gasteiger partial charge is 0.276 e. The lowest BCUT2D eigenvalue weighted by molar-refractivity contribution is 0.0702. The van der Waals surface area contributed by atoms with Crippen LogP contribution in [0.25, 0.3) is 32.8 Å². The van der Waals surface area contributed by atoms with Crippen molar-refractivity contribution < 1.29 is 18.4 Å². The third kappa shape index (κ3) is 3.68. The van der Waals surface area contributed by atoms with Gasteiger partial charge in [0.1, 0.15) is 4.90 Å². The molecule has 1 amide bonds. The van der Waals surface area contributed by atoms with Crippen molar-refractivity contribution in [3.63, 3.8) is 0 Å². The Morgan fingerprint density at radius 3 is 2.41 bits per heavy atom. The number of carbonyl (C=O) groups excluding carboxylic acids is 1. The number of anilines is 1. The molecule has 0 unspecified atom stereocenters. The Morgan fingerprint density at radius 1 is 0.853 bits per heavy atom. The molecule has 7 nitrogen and oxygen atoms in total. The molecule has 0 saturated carbocycles. The topological polar surface area (TPSA) is 100 Å². The molecule has 170 valence electrons. The lowest BCUT2D eigenvalue weighted by atomic mass is 9.98. The minimum Gasteiger partial charge on any atom is -0.350 e. The molecule has 5 aromatic rings. The van der Waals surface area contributed by atoms with Crippen LogP contribution in [0.2, 0.25) is 0 Å². The lowest BCUT2D eigenvalue weighted by Gasteiger charge is -2.12. The van der Waals surface area contributed by atoms with Gasteiger partial charge in [-0.05, 0) is 46.7 Å². The van der Waals surface area contributed by atoms with Gasteiger partial charge in [-0.1, -0.05) is 54.6 Å². The van der Waals surface area contributed by atoms with Crippen LogP contribution in [-0.2, 0) is 17.1 Å². The Kier molecular flexibility index (Phi) is 5.31. The summed E-state index contributed by atoms with van der Waals surface area (Å²) < 4.78 is 30.8. The lowest BCUT2D eigenvalue weighted by Crippen LogP contribution is -2.23. The fraction of sp³-hybridized carbons (Fsp3) is 0.0385. The zero-order valence-corrected chi connectivity index (χ0v) is 19.0. The summed E-state index contributed by atoms with van der Waals surface area (Å²) in [5, 5.41) is 12.1. The number of benzene rings is 4. The summed E-state index contributed by atoms with van der Waals surface area (Å²) in [5.41, 5.74) is 4.68. The molecule has 8 heteroatoms. The molecule has 0 spiro atoms. The average Bonchev–Trinajstić information content (AvgIpc) is 3.18. The van der Waals surface area contributed by atoms with Crippen molar-refractivity contribution in [2.45, 2.75) is 4.90 Å². The standard InChI is InChI=1S/C26H21N3O4S/c1-29-16-23(20-11-6-8-17-7-2-3-9-19(17)20)22-15-18(13-14-24(22)29)28-34(32,33)25-12-5-4-10-21(25)26(30)27-31/h2-16,28,31H,1H3,(H,27,30). The van der Waals surface area contributed by atoms with Gasteiger partial charge in [0.2, 0.25) is 0 Å². The van der Waals surface area contributed by atoms with E-state index in [4.69, 9.17) is 5.21 Å². The van der Waals surface area contributed by atoms with Crippen LogP contribution in [0.1, 0.15) is 10.4 Å². The summed E-state index contributed by atoms with van der Waals surface area (Å²) in [7, 11) is -2.15. The fourth-order valence-electron chi connectivity index (χ4n) is 4.29. The van der Waals surface area contributed by atoms with E-state index in [1.165, 1.54) is 29.7 Å². The quantitative estimate of drug-likeness (QED) is 0.250. The number of aromatic nitrogens is 1. The largest absolute Gasteiger partial charge is 0.350 e. The van der Waals surface area contributed by atoms with E-state index in [0.29, 0.717) is 5.69 Å². The Morgan fingerprint density at radius 2 is 1.59 bits per heavy atom. The number of amides is 1. The minimum absolute atomic E-state index is 0.158. The number of sulfonamides is 1. The predicted molar refractivity (Wildman–Crippen MR) is 132 cm³/mol. The molecule has 0 aliphatic carbocycles. The highest BCUT2D eigenvalue weighted by molar-refractivity contribution is 7.92. The molecule has 5 rings (SSSR count). The van der Waals surface area contributed by atoms with Gasteiger partial charge < -0.3 is 4.57 Å². The second-order valence-electron chi connectivity index (χ2n) is 7.95. The number of nitrogens with one attached hydrogen (secondary N) is 2. The van der Waals surface area contributed by atoms with Gasteiger partial charge in [-0.15, -0.1) is 0 Å². The molecule has 1 heterocycles. The maximum atomic E-state index is 13.1. The second kappa shape index (κ2) is 8.33. The van der Waals surface area contributed by atoms with Crippen molar-refractivity contribution in [3.8, 4) is 11.1 Å². The summed E-state index contributed by atoms with van der Waals surface area (Å²) in [6, 6.07) is 25.3. The van der Waals surface area contributed by atoms with Crippen molar-refractivity contribution in [3.05, 3.63) is 96.7 Å². The number of hydrogen-bond acceptors (Lipinski definition) is 4. The Bertz CT molecular complexity index is 1670. The van der Waals surface area contributed by atoms with Crippen LogP contribution in [0.15, 0.2) is 96.0 Å². The first-order valence-corrected chi connectivity index (χ1v) is 12.0. The van der Waals surface area contributed by atoms with Crippen LogP contribution in [-0.4, -0.2) is 24.1 Å². The van der Waals surface area contributed by atoms with E-state index >= 15 is 0 Å². The normalized spacial score (nSPS) is 11.6. The zero-order valence-electron chi connectivity index (χ0n) is 18.2. The summed E-state index contributed by atoms with van der Waals surface area (Å²) in [6.07, 6.45) is 2.03. The van der Waals surface area contributed by atoms with Crippen molar-refractivity contribution in [1.29, 1.82) is 0 Å². The first-order chi connectivity index (χ1) is 16.4. The van der Waals surface area contributed by atoms with E-state index in [9.17, 15) is 13.2 Å². The highest BCUT2D eigenvalue weighted by atomic mass is 32.2. The van der Waals surface area contributed by atoms with Crippen molar-refractivity contribution in [2.24, 2.45) is 7.05 Å². The van der Waals surface area contributed by atoms with Crippen LogP contribution in [0.4, 0.5) is 5.69 Å². The van der Waals surface area contributed by atoms with E-state index in [1.54, 1.807) is 12.1 Å². The number of rotatable bonds is 5. The summed E-state index contributed by atoms with van der Waals surface area (Å²) in [6.45, 7) is 0. The average molecular weight is 472 g/mol. The monoisotopic (exact) mass is 471 g/mol. The van der Waals surface area contributed by atoms with Gasteiger partial charge >= 0.3 is 0 Å². The molecule has 0 atom stereocenters. The van der Waals surface area contributed by atoms with Gasteiger partial charge in [0.25, 0.3) is 15.9 Å². The number of hydroxylamine groups is 1. The molecular weight excluding hydrogens is 450 g/mol. The van der Waals surface area contributed by atoms with E-state index in [-0.39, 0.29) is 10.5 Å². The molecule has 1 aromatic heterocycles. The molecule has 34 heavy (non-hydrogen) atoms. The highest BCUT2D eigenvalue weighted by Crippen LogP contribution is 2.36. The predicted octanol–water partition coefficient (Wildman–Crippen LogP) is 4.92. The second-order valence-corrected chi connectivity index (χ2v) is 9.61. The maximum absolute atomic E-state index is 13.1. The minimum atomic E-state index is -4.10. The van der Waals surface area contributed by atoms with Gasteiger partial charge in [-0.25, -0.2) is 13.9 Å². The SMILES string of the molecule is Cn1cc(-c2cccc3ccccc23)c2cc(NS(=O)(=O)c3ccccc3C(=O)NO)ccc21. The molecule has 0 aliphatic rings. The van der Waals surface area contributed by atoms with Crippen LogP contribution in [0, 0.1) is 0 Å². The van der Waals surface area contributed by atoms with E-state index in [2.05, 4.69) is 29.0 Å². The van der Waals surface area contributed by atoms with Crippen LogP contribution < -0.4 is 10.2 Å². The molecule has 0 radical (unpaired) electrons. The highest BCUT2D eigenvalue weighted by Gasteiger charge is 2.22. The number of hydrogen-bond donors (Lipinski definition) is 3. The molecule has 3 N–H and O–H groups in total. The van der Waals surface area contributed by atoms with Crippen molar-refractivity contribution in [2.75, 3.05) is 4.72 Å². The fourth-order valence-corrected chi connectivity index (χ4v) is 5.54. The molecule has 4 aromatic carbocycles. The van der Waals surface area contributed by atoms with Gasteiger partial charge in [-0.2, -0.15) is 0 Å². The first kappa shape index (κ1) is 21.7. The van der Waals surface area contributed by atoms with Gasteiger partial charge in [-0.3, -0.25) is 14.7 Å². The Hall–Kier alpha value is -4.14. The van der Waals surface area contributed by atoms with Gasteiger partial charge in [0, 0.05) is 35.4 Å². The van der Waals surface area contributed by atoms with Crippen LogP contribution in [0.3, 0.4) is 0 Å². The molecule has 0 saturated heterocycles. The molecule has 0 fully saturated rings. The zero-order chi connectivity index (χ0) is 23.9. The van der Waals surface area contributed by atoms with Crippen molar-refractivity contribution in [1.82, 2.24) is 10.0 Å². The van der Waals surface area contributed by atoms with E-state index in [0.717, 1.165) is 32.8 Å². The summed E-state index contributed by atoms with van der Waals surface area (Å²) in [5.74, 6) is -0.905.